The van der Waals surface area contributed by atoms with Gasteiger partial charge in [0.15, 0.2) is 5.82 Å². The zero-order valence-corrected chi connectivity index (χ0v) is 13.3. The summed E-state index contributed by atoms with van der Waals surface area (Å²) in [6, 6.07) is 14.1. The molecule has 4 rings (SSSR count). The summed E-state index contributed by atoms with van der Waals surface area (Å²) in [5, 5.41) is 16.8. The van der Waals surface area contributed by atoms with Gasteiger partial charge in [-0.05, 0) is 36.8 Å². The van der Waals surface area contributed by atoms with E-state index in [1.54, 1.807) is 35.9 Å². The number of carboxylic acid groups (broad SMARTS) is 1. The number of aryl methyl sites for hydroxylation is 1. The van der Waals surface area contributed by atoms with E-state index >= 15 is 0 Å². The van der Waals surface area contributed by atoms with E-state index in [2.05, 4.69) is 15.4 Å². The van der Waals surface area contributed by atoms with E-state index < -0.39 is 5.97 Å². The number of hydrogen-bond acceptors (Lipinski definition) is 5. The van der Waals surface area contributed by atoms with E-state index in [4.69, 9.17) is 5.11 Å². The summed E-state index contributed by atoms with van der Waals surface area (Å²) in [4.78, 5) is 27.2. The minimum absolute atomic E-state index is 0.211. The molecule has 0 fully saturated rings. The van der Waals surface area contributed by atoms with Gasteiger partial charge in [-0.3, -0.25) is 4.79 Å². The van der Waals surface area contributed by atoms with Gasteiger partial charge in [-0.2, -0.15) is 10.1 Å². The fourth-order valence-electron chi connectivity index (χ4n) is 2.89. The first-order valence-electron chi connectivity index (χ1n) is 7.71. The third-order valence-corrected chi connectivity index (χ3v) is 4.17. The number of nitrogens with zero attached hydrogens (tertiary/aromatic N) is 3. The topological polar surface area (TPSA) is 97.1 Å². The van der Waals surface area contributed by atoms with Crippen LogP contribution in [0.15, 0.2) is 53.3 Å². The van der Waals surface area contributed by atoms with Crippen molar-refractivity contribution in [3.8, 4) is 11.4 Å². The van der Waals surface area contributed by atoms with Crippen LogP contribution in [0.1, 0.15) is 27.8 Å². The number of aromatic carboxylic acids is 1. The highest BCUT2D eigenvalue weighted by Crippen LogP contribution is 2.35. The number of aromatic nitrogens is 3. The molecule has 0 saturated carbocycles. The maximum atomic E-state index is 12.0. The summed E-state index contributed by atoms with van der Waals surface area (Å²) in [6.07, 6.45) is -0.389. The van der Waals surface area contributed by atoms with Gasteiger partial charge in [0.2, 0.25) is 0 Å². The van der Waals surface area contributed by atoms with Crippen molar-refractivity contribution in [1.29, 1.82) is 0 Å². The Morgan fingerprint density at radius 1 is 1.16 bits per heavy atom. The predicted molar refractivity (Wildman–Crippen MR) is 91.6 cm³/mol. The number of benzene rings is 2. The van der Waals surface area contributed by atoms with Crippen LogP contribution in [0.2, 0.25) is 0 Å². The van der Waals surface area contributed by atoms with Crippen molar-refractivity contribution in [3.05, 3.63) is 75.7 Å². The Labute approximate surface area is 142 Å². The van der Waals surface area contributed by atoms with E-state index in [0.717, 1.165) is 16.8 Å². The van der Waals surface area contributed by atoms with Gasteiger partial charge < -0.3 is 10.4 Å². The molecular weight excluding hydrogens is 320 g/mol. The van der Waals surface area contributed by atoms with E-state index in [1.807, 2.05) is 24.3 Å². The summed E-state index contributed by atoms with van der Waals surface area (Å²) in [6.45, 7) is 1.62. The molecule has 7 heteroatoms. The minimum Gasteiger partial charge on any atom is -0.478 e. The molecule has 124 valence electrons. The highest BCUT2D eigenvalue weighted by Gasteiger charge is 2.27. The first-order valence-corrected chi connectivity index (χ1v) is 7.71. The van der Waals surface area contributed by atoms with Gasteiger partial charge in [0.25, 0.3) is 5.56 Å². The number of rotatable bonds is 2. The zero-order valence-electron chi connectivity index (χ0n) is 13.3. The lowest BCUT2D eigenvalue weighted by Crippen LogP contribution is -2.32. The van der Waals surface area contributed by atoms with Gasteiger partial charge >= 0.3 is 5.97 Å². The van der Waals surface area contributed by atoms with E-state index in [0.29, 0.717) is 11.5 Å². The molecule has 1 atom stereocenters. The number of para-hydroxylation sites is 1. The Hall–Kier alpha value is -3.48. The Balaban J connectivity index is 1.90. The van der Waals surface area contributed by atoms with Gasteiger partial charge in [-0.15, -0.1) is 0 Å². The SMILES string of the molecule is Cc1nn2c(nc1=O)-c1ccccc1N[C@H]2c1ccc(C(=O)O)cc1. The molecular formula is C18H14N4O3. The third kappa shape index (κ3) is 2.46. The lowest BCUT2D eigenvalue weighted by Gasteiger charge is -2.30. The maximum absolute atomic E-state index is 12.0. The average molecular weight is 334 g/mol. The van der Waals surface area contributed by atoms with Gasteiger partial charge in [0.05, 0.1) is 5.56 Å². The van der Waals surface area contributed by atoms with Crippen LogP contribution in [0.5, 0.6) is 0 Å². The normalized spacial score (nSPS) is 15.0. The molecule has 0 radical (unpaired) electrons. The van der Waals surface area contributed by atoms with Crippen LogP contribution in [0.4, 0.5) is 5.69 Å². The number of hydrogen-bond donors (Lipinski definition) is 2. The summed E-state index contributed by atoms with van der Waals surface area (Å²) in [7, 11) is 0. The van der Waals surface area contributed by atoms with Crippen LogP contribution < -0.4 is 10.9 Å². The lowest BCUT2D eigenvalue weighted by molar-refractivity contribution is 0.0697. The maximum Gasteiger partial charge on any atom is 0.335 e. The second-order valence-electron chi connectivity index (χ2n) is 5.79. The van der Waals surface area contributed by atoms with Gasteiger partial charge in [-0.1, -0.05) is 24.3 Å². The second-order valence-corrected chi connectivity index (χ2v) is 5.79. The minimum atomic E-state index is -0.979. The van der Waals surface area contributed by atoms with Gasteiger partial charge in [0, 0.05) is 11.3 Å². The van der Waals surface area contributed by atoms with Crippen LogP contribution in [0, 0.1) is 6.92 Å². The quantitative estimate of drug-likeness (QED) is 0.746. The summed E-state index contributed by atoms with van der Waals surface area (Å²) in [5.74, 6) is -0.495. The molecule has 2 aromatic carbocycles. The largest absolute Gasteiger partial charge is 0.478 e. The standard InChI is InChI=1S/C18H14N4O3/c1-10-17(23)20-16-13-4-2-3-5-14(13)19-15(22(16)21-10)11-6-8-12(9-7-11)18(24)25/h2-9,15,19H,1H3,(H,24,25)/t15-/m1/s1. The Morgan fingerprint density at radius 3 is 2.60 bits per heavy atom. The van der Waals surface area contributed by atoms with E-state index in [-0.39, 0.29) is 17.3 Å². The van der Waals surface area contributed by atoms with Crippen molar-refractivity contribution in [2.45, 2.75) is 13.1 Å². The van der Waals surface area contributed by atoms with Crippen LogP contribution in [-0.4, -0.2) is 25.8 Å². The summed E-state index contributed by atoms with van der Waals surface area (Å²) in [5.41, 5.74) is 2.61. The molecule has 0 amide bonds. The Morgan fingerprint density at radius 2 is 1.88 bits per heavy atom. The summed E-state index contributed by atoms with van der Waals surface area (Å²) < 4.78 is 1.66. The molecule has 1 aliphatic rings. The monoisotopic (exact) mass is 334 g/mol. The Kier molecular flexibility index (Phi) is 3.35. The van der Waals surface area contributed by atoms with Crippen molar-refractivity contribution in [2.75, 3.05) is 5.32 Å². The predicted octanol–water partition coefficient (Wildman–Crippen LogP) is 2.28. The molecule has 2 N–H and O–H groups in total. The van der Waals surface area contributed by atoms with Gasteiger partial charge in [-0.25, -0.2) is 9.48 Å². The van der Waals surface area contributed by atoms with Crippen molar-refractivity contribution in [3.63, 3.8) is 0 Å². The highest BCUT2D eigenvalue weighted by atomic mass is 16.4. The lowest BCUT2D eigenvalue weighted by atomic mass is 10.0. The van der Waals surface area contributed by atoms with E-state index in [1.165, 1.54) is 0 Å². The third-order valence-electron chi connectivity index (χ3n) is 4.17. The number of anilines is 1. The summed E-state index contributed by atoms with van der Waals surface area (Å²) >= 11 is 0. The highest BCUT2D eigenvalue weighted by molar-refractivity contribution is 5.87. The van der Waals surface area contributed by atoms with E-state index in [9.17, 15) is 9.59 Å². The number of carbonyl (C=O) groups is 1. The smallest absolute Gasteiger partial charge is 0.335 e. The van der Waals surface area contributed by atoms with Crippen LogP contribution in [-0.2, 0) is 0 Å². The molecule has 1 aliphatic heterocycles. The number of carboxylic acids is 1. The van der Waals surface area contributed by atoms with Crippen LogP contribution >= 0.6 is 0 Å². The van der Waals surface area contributed by atoms with Crippen LogP contribution in [0.25, 0.3) is 11.4 Å². The molecule has 0 aliphatic carbocycles. The van der Waals surface area contributed by atoms with Crippen LogP contribution in [0.3, 0.4) is 0 Å². The first-order chi connectivity index (χ1) is 12.0. The molecule has 25 heavy (non-hydrogen) atoms. The molecule has 7 nitrogen and oxygen atoms in total. The van der Waals surface area contributed by atoms with Gasteiger partial charge in [0.1, 0.15) is 11.9 Å². The fraction of sp³-hybridized carbons (Fsp3) is 0.111. The number of fused-ring (bicyclic) bond motifs is 3. The average Bonchev–Trinajstić information content (AvgIpc) is 2.62. The Bertz CT molecular complexity index is 1040. The molecule has 2 heterocycles. The molecule has 0 bridgehead atoms. The first kappa shape index (κ1) is 15.1. The zero-order chi connectivity index (χ0) is 17.6. The molecule has 1 aromatic heterocycles. The van der Waals surface area contributed by atoms with Crippen molar-refractivity contribution in [2.24, 2.45) is 0 Å². The molecule has 3 aromatic rings. The van der Waals surface area contributed by atoms with Crippen molar-refractivity contribution < 1.29 is 9.90 Å². The molecule has 0 saturated heterocycles. The second kappa shape index (κ2) is 5.55. The molecule has 0 unspecified atom stereocenters. The fourth-order valence-corrected chi connectivity index (χ4v) is 2.89. The molecule has 0 spiro atoms. The number of nitrogens with one attached hydrogen (secondary N) is 1. The van der Waals surface area contributed by atoms with Crippen molar-refractivity contribution in [1.82, 2.24) is 14.8 Å². The van der Waals surface area contributed by atoms with Crippen molar-refractivity contribution >= 4 is 11.7 Å².